The number of benzene rings is 2. The summed E-state index contributed by atoms with van der Waals surface area (Å²) in [5.41, 5.74) is 8.31. The largest absolute Gasteiger partial charge is 0.497 e. The van der Waals surface area contributed by atoms with Gasteiger partial charge in [0, 0.05) is 19.3 Å². The van der Waals surface area contributed by atoms with E-state index in [-0.39, 0.29) is 5.95 Å². The van der Waals surface area contributed by atoms with Gasteiger partial charge in [0.15, 0.2) is 17.8 Å². The second-order valence-corrected chi connectivity index (χ2v) is 9.13. The average molecular weight is 491 g/mol. The summed E-state index contributed by atoms with van der Waals surface area (Å²) in [6.45, 7) is 1.67. The fourth-order valence-electron chi connectivity index (χ4n) is 4.60. The number of nitrogens with two attached hydrogens (primary N) is 1. The third kappa shape index (κ3) is 6.44. The topological polar surface area (TPSA) is 99.8 Å². The van der Waals surface area contributed by atoms with Crippen molar-refractivity contribution in [3.63, 3.8) is 0 Å². The molecule has 1 heterocycles. The van der Waals surface area contributed by atoms with Crippen LogP contribution in [0.4, 0.5) is 11.8 Å². The van der Waals surface area contributed by atoms with Crippen LogP contribution in [0, 0.1) is 5.92 Å². The second kappa shape index (κ2) is 12.2. The fraction of sp³-hybridized carbons (Fsp3) is 0.393. The number of nitrogens with zero attached hydrogens (tertiary/aromatic N) is 3. The van der Waals surface area contributed by atoms with Crippen LogP contribution in [0.2, 0.25) is 0 Å². The molecule has 0 amide bonds. The van der Waals surface area contributed by atoms with Crippen LogP contribution in [0.3, 0.4) is 0 Å². The maximum Gasteiger partial charge on any atom is 0.221 e. The Morgan fingerprint density at radius 3 is 2.39 bits per heavy atom. The summed E-state index contributed by atoms with van der Waals surface area (Å²) in [5, 5.41) is 0. The Labute approximate surface area is 212 Å². The number of aromatic nitrogens is 2. The summed E-state index contributed by atoms with van der Waals surface area (Å²) in [6.07, 6.45) is 8.48. The summed E-state index contributed by atoms with van der Waals surface area (Å²) in [7, 11) is 3.29. The number of methoxy groups -OCH3 is 2. The minimum Gasteiger partial charge on any atom is -0.497 e. The predicted molar refractivity (Wildman–Crippen MR) is 140 cm³/mol. The SMILES string of the molecule is COc1ccc(CN(Cc2ccc(OC)c(OCC3CCCCC3)c2)c2nc(N)ncc2C=O)cc1. The number of nitrogen functional groups attached to an aromatic ring is 1. The summed E-state index contributed by atoms with van der Waals surface area (Å²) < 4.78 is 17.1. The van der Waals surface area contributed by atoms with Gasteiger partial charge in [0.05, 0.1) is 26.4 Å². The van der Waals surface area contributed by atoms with Gasteiger partial charge in [0.25, 0.3) is 0 Å². The minimum absolute atomic E-state index is 0.113. The van der Waals surface area contributed by atoms with Gasteiger partial charge < -0.3 is 24.8 Å². The Morgan fingerprint density at radius 1 is 0.972 bits per heavy atom. The smallest absolute Gasteiger partial charge is 0.221 e. The van der Waals surface area contributed by atoms with Gasteiger partial charge in [-0.2, -0.15) is 4.98 Å². The number of carbonyl (C=O) groups excluding carboxylic acids is 1. The van der Waals surface area contributed by atoms with Gasteiger partial charge >= 0.3 is 0 Å². The molecule has 1 fully saturated rings. The van der Waals surface area contributed by atoms with E-state index in [1.165, 1.54) is 38.3 Å². The van der Waals surface area contributed by atoms with Crippen LogP contribution in [-0.4, -0.2) is 37.1 Å². The zero-order valence-electron chi connectivity index (χ0n) is 21.0. The molecule has 0 aliphatic heterocycles. The highest BCUT2D eigenvalue weighted by Crippen LogP contribution is 2.32. The first-order valence-electron chi connectivity index (χ1n) is 12.3. The van der Waals surface area contributed by atoms with Crippen molar-refractivity contribution in [3.05, 3.63) is 65.4 Å². The molecule has 190 valence electrons. The molecule has 0 unspecified atom stereocenters. The second-order valence-electron chi connectivity index (χ2n) is 9.13. The number of carbonyl (C=O) groups is 1. The van der Waals surface area contributed by atoms with Crippen molar-refractivity contribution in [2.75, 3.05) is 31.5 Å². The molecule has 0 saturated heterocycles. The van der Waals surface area contributed by atoms with Crippen LogP contribution in [-0.2, 0) is 13.1 Å². The summed E-state index contributed by atoms with van der Waals surface area (Å²) >= 11 is 0. The quantitative estimate of drug-likeness (QED) is 0.373. The van der Waals surface area contributed by atoms with Crippen molar-refractivity contribution < 1.29 is 19.0 Å². The first-order chi connectivity index (χ1) is 17.6. The minimum atomic E-state index is 0.113. The predicted octanol–water partition coefficient (Wildman–Crippen LogP) is 5.05. The van der Waals surface area contributed by atoms with E-state index in [1.54, 1.807) is 14.2 Å². The lowest BCUT2D eigenvalue weighted by molar-refractivity contribution is 0.112. The number of hydrogen-bond acceptors (Lipinski definition) is 8. The van der Waals surface area contributed by atoms with Crippen molar-refractivity contribution >= 4 is 18.1 Å². The van der Waals surface area contributed by atoms with E-state index in [9.17, 15) is 4.79 Å². The Hall–Kier alpha value is -3.81. The standard InChI is InChI=1S/C28H34N4O4/c1-34-24-11-8-20(9-12-24)16-32(27-23(18-33)15-30-28(29)31-27)17-22-10-13-25(35-2)26(14-22)36-19-21-6-4-3-5-7-21/h8-15,18,21H,3-7,16-17,19H2,1-2H3,(H2,29,30,31). The number of anilines is 2. The molecule has 1 saturated carbocycles. The van der Waals surface area contributed by atoms with Crippen LogP contribution >= 0.6 is 0 Å². The molecule has 0 radical (unpaired) electrons. The molecule has 1 aliphatic rings. The Balaban J connectivity index is 1.60. The molecule has 2 N–H and O–H groups in total. The maximum atomic E-state index is 11.8. The Bertz CT molecular complexity index is 1150. The molecule has 2 aromatic carbocycles. The zero-order valence-corrected chi connectivity index (χ0v) is 21.0. The Kier molecular flexibility index (Phi) is 8.60. The van der Waals surface area contributed by atoms with Gasteiger partial charge in [0.2, 0.25) is 5.95 Å². The zero-order chi connectivity index (χ0) is 25.3. The molecule has 8 heteroatoms. The first kappa shape index (κ1) is 25.3. The molecule has 0 bridgehead atoms. The van der Waals surface area contributed by atoms with E-state index in [2.05, 4.69) is 9.97 Å². The molecular formula is C28H34N4O4. The lowest BCUT2D eigenvalue weighted by atomic mass is 9.90. The Morgan fingerprint density at radius 2 is 1.69 bits per heavy atom. The van der Waals surface area contributed by atoms with E-state index in [0.717, 1.165) is 28.9 Å². The van der Waals surface area contributed by atoms with Crippen LogP contribution in [0.15, 0.2) is 48.7 Å². The van der Waals surface area contributed by atoms with Crippen molar-refractivity contribution in [1.29, 1.82) is 0 Å². The van der Waals surface area contributed by atoms with Gasteiger partial charge in [-0.3, -0.25) is 4.79 Å². The van der Waals surface area contributed by atoms with E-state index >= 15 is 0 Å². The number of rotatable bonds is 11. The van der Waals surface area contributed by atoms with Crippen LogP contribution in [0.5, 0.6) is 17.2 Å². The lowest BCUT2D eigenvalue weighted by Gasteiger charge is -2.26. The average Bonchev–Trinajstić information content (AvgIpc) is 2.92. The summed E-state index contributed by atoms with van der Waals surface area (Å²) in [5.74, 6) is 3.38. The van der Waals surface area contributed by atoms with Gasteiger partial charge in [-0.15, -0.1) is 0 Å². The third-order valence-electron chi connectivity index (χ3n) is 6.57. The molecule has 1 aliphatic carbocycles. The van der Waals surface area contributed by atoms with Crippen molar-refractivity contribution in [3.8, 4) is 17.2 Å². The normalized spacial score (nSPS) is 13.7. The van der Waals surface area contributed by atoms with Gasteiger partial charge in [-0.05, 0) is 54.2 Å². The fourth-order valence-corrected chi connectivity index (χ4v) is 4.60. The van der Waals surface area contributed by atoms with E-state index < -0.39 is 0 Å². The molecule has 0 atom stereocenters. The summed E-state index contributed by atoms with van der Waals surface area (Å²) in [4.78, 5) is 22.2. The third-order valence-corrected chi connectivity index (χ3v) is 6.57. The molecule has 8 nitrogen and oxygen atoms in total. The number of ether oxygens (including phenoxy) is 3. The van der Waals surface area contributed by atoms with Crippen molar-refractivity contribution in [1.82, 2.24) is 9.97 Å². The molecule has 36 heavy (non-hydrogen) atoms. The highest BCUT2D eigenvalue weighted by Gasteiger charge is 2.19. The monoisotopic (exact) mass is 490 g/mol. The van der Waals surface area contributed by atoms with Crippen molar-refractivity contribution in [2.24, 2.45) is 5.92 Å². The maximum absolute atomic E-state index is 11.8. The van der Waals surface area contributed by atoms with Crippen molar-refractivity contribution in [2.45, 2.75) is 45.2 Å². The molecule has 0 spiro atoms. The molecule has 4 rings (SSSR count). The van der Waals surface area contributed by atoms with Gasteiger partial charge in [-0.1, -0.05) is 37.5 Å². The van der Waals surface area contributed by atoms with E-state index in [4.69, 9.17) is 19.9 Å². The summed E-state index contributed by atoms with van der Waals surface area (Å²) in [6, 6.07) is 13.7. The van der Waals surface area contributed by atoms with Crippen LogP contribution in [0.1, 0.15) is 53.6 Å². The first-order valence-corrected chi connectivity index (χ1v) is 12.3. The molecule has 3 aromatic rings. The van der Waals surface area contributed by atoms with Crippen LogP contribution in [0.25, 0.3) is 0 Å². The number of aldehydes is 1. The van der Waals surface area contributed by atoms with E-state index in [0.29, 0.717) is 42.7 Å². The van der Waals surface area contributed by atoms with Gasteiger partial charge in [-0.25, -0.2) is 4.98 Å². The highest BCUT2D eigenvalue weighted by molar-refractivity contribution is 5.82. The lowest BCUT2D eigenvalue weighted by Crippen LogP contribution is -2.25. The van der Waals surface area contributed by atoms with Crippen LogP contribution < -0.4 is 24.8 Å². The number of hydrogen-bond donors (Lipinski definition) is 1. The highest BCUT2D eigenvalue weighted by atomic mass is 16.5. The molecular weight excluding hydrogens is 456 g/mol. The van der Waals surface area contributed by atoms with E-state index in [1.807, 2.05) is 47.4 Å². The molecule has 1 aromatic heterocycles. The van der Waals surface area contributed by atoms with Gasteiger partial charge in [0.1, 0.15) is 11.6 Å².